The maximum atomic E-state index is 13.2. The highest BCUT2D eigenvalue weighted by atomic mass is 16.2. The van der Waals surface area contributed by atoms with Crippen LogP contribution in [0.15, 0.2) is 29.1 Å². The lowest BCUT2D eigenvalue weighted by Crippen LogP contribution is -2.47. The molecule has 3 rings (SSSR count). The number of fused-ring (bicyclic) bond motifs is 1. The minimum atomic E-state index is -0.319. The van der Waals surface area contributed by atoms with Crippen molar-refractivity contribution in [1.82, 2.24) is 20.2 Å². The normalized spacial score (nSPS) is 15.8. The molecule has 0 saturated heterocycles. The smallest absolute Gasteiger partial charge is 0.318 e. The van der Waals surface area contributed by atoms with Gasteiger partial charge in [0.1, 0.15) is 5.82 Å². The van der Waals surface area contributed by atoms with Gasteiger partial charge in [0, 0.05) is 12.6 Å². The molecule has 2 aromatic rings. The second-order valence-electron chi connectivity index (χ2n) is 8.32. The molecule has 0 aliphatic heterocycles. The van der Waals surface area contributed by atoms with Gasteiger partial charge in [0.15, 0.2) is 0 Å². The first-order valence-corrected chi connectivity index (χ1v) is 11.4. The number of aromatic amines is 1. The van der Waals surface area contributed by atoms with Gasteiger partial charge in [-0.1, -0.05) is 44.2 Å². The molecular formula is C23H35N5O2. The lowest BCUT2D eigenvalue weighted by molar-refractivity contribution is 0.168. The average Bonchev–Trinajstić information content (AvgIpc) is 2.76. The van der Waals surface area contributed by atoms with E-state index in [0.717, 1.165) is 38.5 Å². The number of carbonyl (C=O) groups is 1. The number of nitrogens with zero attached hydrogens (tertiary/aromatic N) is 2. The number of nitrogens with two attached hydrogens (primary N) is 1. The Kier molecular flexibility index (Phi) is 8.25. The van der Waals surface area contributed by atoms with Gasteiger partial charge in [0.2, 0.25) is 0 Å². The lowest BCUT2D eigenvalue weighted by atomic mass is 9.96. The van der Waals surface area contributed by atoms with E-state index >= 15 is 0 Å². The number of unbranched alkanes of at least 4 members (excludes halogenated alkanes) is 3. The van der Waals surface area contributed by atoms with Crippen molar-refractivity contribution in [1.29, 1.82) is 0 Å². The largest absolute Gasteiger partial charge is 0.335 e. The molecule has 1 aliphatic rings. The van der Waals surface area contributed by atoms with Gasteiger partial charge in [-0.2, -0.15) is 0 Å². The van der Waals surface area contributed by atoms with Crippen LogP contribution in [0.3, 0.4) is 0 Å². The number of urea groups is 1. The first kappa shape index (κ1) is 22.3. The molecule has 30 heavy (non-hydrogen) atoms. The Labute approximate surface area is 178 Å². The third-order valence-corrected chi connectivity index (χ3v) is 6.04. The van der Waals surface area contributed by atoms with Gasteiger partial charge in [-0.05, 0) is 51.3 Å². The van der Waals surface area contributed by atoms with Crippen LogP contribution in [0.2, 0.25) is 0 Å². The lowest BCUT2D eigenvalue weighted by Gasteiger charge is -2.32. The fourth-order valence-electron chi connectivity index (χ4n) is 4.21. The van der Waals surface area contributed by atoms with Crippen LogP contribution in [0.5, 0.6) is 0 Å². The fourth-order valence-corrected chi connectivity index (χ4v) is 4.21. The Morgan fingerprint density at radius 2 is 1.93 bits per heavy atom. The Morgan fingerprint density at radius 3 is 2.70 bits per heavy atom. The number of H-pyrrole nitrogens is 1. The topological polar surface area (TPSA) is 104 Å². The van der Waals surface area contributed by atoms with Crippen molar-refractivity contribution in [3.63, 3.8) is 0 Å². The third-order valence-electron chi connectivity index (χ3n) is 6.04. The van der Waals surface area contributed by atoms with Crippen molar-refractivity contribution < 1.29 is 4.79 Å². The summed E-state index contributed by atoms with van der Waals surface area (Å²) in [4.78, 5) is 35.1. The van der Waals surface area contributed by atoms with E-state index in [1.165, 1.54) is 19.3 Å². The van der Waals surface area contributed by atoms with E-state index in [-0.39, 0.29) is 23.7 Å². The van der Waals surface area contributed by atoms with Crippen LogP contribution in [-0.4, -0.2) is 40.0 Å². The van der Waals surface area contributed by atoms with E-state index in [1.54, 1.807) is 6.07 Å². The summed E-state index contributed by atoms with van der Waals surface area (Å²) < 4.78 is 0. The molecule has 164 valence electrons. The van der Waals surface area contributed by atoms with E-state index in [9.17, 15) is 9.59 Å². The Bertz CT molecular complexity index is 875. The molecule has 1 fully saturated rings. The highest BCUT2D eigenvalue weighted by molar-refractivity contribution is 5.77. The summed E-state index contributed by atoms with van der Waals surface area (Å²) in [7, 11) is 0. The first-order valence-electron chi connectivity index (χ1n) is 11.4. The molecular weight excluding hydrogens is 378 g/mol. The molecule has 0 radical (unpaired) electrons. The van der Waals surface area contributed by atoms with Gasteiger partial charge in [-0.25, -0.2) is 9.78 Å². The van der Waals surface area contributed by atoms with E-state index in [4.69, 9.17) is 5.73 Å². The Balaban J connectivity index is 1.76. The minimum absolute atomic E-state index is 0.0657. The third kappa shape index (κ3) is 5.81. The first-order chi connectivity index (χ1) is 14.6. The van der Waals surface area contributed by atoms with Crippen molar-refractivity contribution >= 4 is 16.9 Å². The van der Waals surface area contributed by atoms with Crippen molar-refractivity contribution in [2.75, 3.05) is 13.1 Å². The summed E-state index contributed by atoms with van der Waals surface area (Å²) in [5.41, 5.74) is 6.07. The molecule has 1 atom stereocenters. The van der Waals surface area contributed by atoms with Gasteiger partial charge in [-0.15, -0.1) is 0 Å². The number of carbonyl (C=O) groups excluding carboxylic acids is 1. The van der Waals surface area contributed by atoms with Crippen molar-refractivity contribution in [3.05, 3.63) is 40.4 Å². The molecule has 0 unspecified atom stereocenters. The maximum Gasteiger partial charge on any atom is 0.318 e. The summed E-state index contributed by atoms with van der Waals surface area (Å²) in [6.45, 7) is 3.26. The zero-order valence-corrected chi connectivity index (χ0v) is 18.0. The van der Waals surface area contributed by atoms with E-state index < -0.39 is 0 Å². The molecule has 1 aromatic heterocycles. The monoisotopic (exact) mass is 413 g/mol. The number of para-hydroxylation sites is 1. The van der Waals surface area contributed by atoms with Crippen LogP contribution in [0.25, 0.3) is 10.9 Å². The number of hydrogen-bond donors (Lipinski definition) is 3. The summed E-state index contributed by atoms with van der Waals surface area (Å²) >= 11 is 0. The second-order valence-corrected chi connectivity index (χ2v) is 8.32. The Morgan fingerprint density at radius 1 is 1.20 bits per heavy atom. The van der Waals surface area contributed by atoms with Gasteiger partial charge < -0.3 is 20.9 Å². The molecule has 7 heteroatoms. The Hall–Kier alpha value is -2.41. The van der Waals surface area contributed by atoms with E-state index in [0.29, 0.717) is 29.8 Å². The van der Waals surface area contributed by atoms with Crippen LogP contribution in [0, 0.1) is 0 Å². The molecule has 1 saturated carbocycles. The number of rotatable bonds is 9. The minimum Gasteiger partial charge on any atom is -0.335 e. The zero-order chi connectivity index (χ0) is 21.3. The highest BCUT2D eigenvalue weighted by Gasteiger charge is 2.26. The number of amides is 2. The summed E-state index contributed by atoms with van der Waals surface area (Å²) in [6, 6.07) is 7.15. The van der Waals surface area contributed by atoms with Crippen LogP contribution in [0.4, 0.5) is 4.79 Å². The molecule has 1 aliphatic carbocycles. The van der Waals surface area contributed by atoms with Gasteiger partial charge in [0.05, 0.1) is 16.9 Å². The molecule has 1 aromatic carbocycles. The van der Waals surface area contributed by atoms with E-state index in [1.807, 2.05) is 30.0 Å². The fraction of sp³-hybridized carbons (Fsp3) is 0.609. The summed E-state index contributed by atoms with van der Waals surface area (Å²) in [5, 5.41) is 3.78. The second kappa shape index (κ2) is 11.1. The summed E-state index contributed by atoms with van der Waals surface area (Å²) in [6.07, 6.45) is 9.65. The van der Waals surface area contributed by atoms with Crippen molar-refractivity contribution in [2.24, 2.45) is 5.73 Å². The zero-order valence-electron chi connectivity index (χ0n) is 18.0. The quantitative estimate of drug-likeness (QED) is 0.543. The van der Waals surface area contributed by atoms with Crippen LogP contribution >= 0.6 is 0 Å². The van der Waals surface area contributed by atoms with E-state index in [2.05, 4.69) is 15.3 Å². The molecule has 2 amide bonds. The molecule has 1 heterocycles. The highest BCUT2D eigenvalue weighted by Crippen LogP contribution is 2.21. The van der Waals surface area contributed by atoms with Crippen molar-refractivity contribution in [3.8, 4) is 0 Å². The average molecular weight is 414 g/mol. The predicted octanol–water partition coefficient (Wildman–Crippen LogP) is 3.85. The van der Waals surface area contributed by atoms with Crippen LogP contribution in [0.1, 0.15) is 76.6 Å². The van der Waals surface area contributed by atoms with Gasteiger partial charge in [-0.3, -0.25) is 4.79 Å². The van der Waals surface area contributed by atoms with Gasteiger partial charge in [0.25, 0.3) is 5.56 Å². The predicted molar refractivity (Wildman–Crippen MR) is 120 cm³/mol. The van der Waals surface area contributed by atoms with Crippen molar-refractivity contribution in [2.45, 2.75) is 76.8 Å². The van der Waals surface area contributed by atoms with Crippen LogP contribution in [-0.2, 0) is 0 Å². The molecule has 4 N–H and O–H groups in total. The number of benzene rings is 1. The number of aromatic nitrogens is 2. The maximum absolute atomic E-state index is 13.2. The standard InChI is InChI=1S/C23H35N5O2/c1-17(21-26-20-14-8-7-13-19(20)22(29)27-21)28(16-10-3-2-9-15-24)23(30)25-18-11-5-4-6-12-18/h7-8,13-14,17-18H,2-6,9-12,15-16,24H2,1H3,(H,25,30)(H,26,27,29)/t17-/m1/s1. The molecule has 0 spiro atoms. The number of hydrogen-bond acceptors (Lipinski definition) is 4. The molecule has 7 nitrogen and oxygen atoms in total. The SMILES string of the molecule is C[C@H](c1nc2ccccc2c(=O)[nH]1)N(CCCCCCN)C(=O)NC1CCCCC1. The molecule has 0 bridgehead atoms. The van der Waals surface area contributed by atoms with Gasteiger partial charge >= 0.3 is 6.03 Å². The number of nitrogens with one attached hydrogen (secondary N) is 2. The van der Waals surface area contributed by atoms with Crippen LogP contribution < -0.4 is 16.6 Å². The summed E-state index contributed by atoms with van der Waals surface area (Å²) in [5.74, 6) is 0.527.